The van der Waals surface area contributed by atoms with Gasteiger partial charge in [0.05, 0.1) is 23.8 Å². The van der Waals surface area contributed by atoms with E-state index >= 15 is 0 Å². The number of aliphatic hydroxyl groups is 1. The largest absolute Gasteiger partial charge is 0.657 e. The minimum absolute atomic E-state index is 0.0213. The third-order valence-corrected chi connectivity index (χ3v) is 8.06. The first kappa shape index (κ1) is 16.3. The average Bonchev–Trinajstić information content (AvgIpc) is 3.28. The Labute approximate surface area is 169 Å². The predicted octanol–water partition coefficient (Wildman–Crippen LogP) is 3.92. The van der Waals surface area contributed by atoms with Crippen LogP contribution in [0.4, 0.5) is 0 Å². The van der Waals surface area contributed by atoms with Crippen LogP contribution in [0.1, 0.15) is 34.9 Å². The lowest BCUT2D eigenvalue weighted by Gasteiger charge is -2.57. The molecular weight excluding hydrogens is 364 g/mol. The molecule has 5 atom stereocenters. The smallest absolute Gasteiger partial charge is 0.166 e. The summed E-state index contributed by atoms with van der Waals surface area (Å²) >= 11 is 0. The first-order valence-corrected chi connectivity index (χ1v) is 10.4. The number of ether oxygens (including phenoxy) is 2. The van der Waals surface area contributed by atoms with Gasteiger partial charge in [0.1, 0.15) is 0 Å². The van der Waals surface area contributed by atoms with Crippen LogP contribution in [0.2, 0.25) is 0 Å². The van der Waals surface area contributed by atoms with Crippen molar-refractivity contribution in [3.8, 4) is 11.5 Å². The van der Waals surface area contributed by atoms with Gasteiger partial charge in [-0.3, -0.25) is 0 Å². The van der Waals surface area contributed by atoms with E-state index < -0.39 is 11.0 Å². The van der Waals surface area contributed by atoms with E-state index in [2.05, 4.69) is 36.2 Å². The number of hydrogen-bond acceptors (Lipinski definition) is 3. The SMILES string of the molecule is COc1ccc(C)c2c1O[C@H]1c3[nH]c4ccccc4c3C[C@@]3(O)[C@@H]4[N-]CC4C[C@]213. The summed E-state index contributed by atoms with van der Waals surface area (Å²) in [6.45, 7) is 2.96. The molecule has 2 aliphatic heterocycles. The normalized spacial score (nSPS) is 35.8. The third kappa shape index (κ3) is 1.61. The number of aromatic nitrogens is 1. The number of methoxy groups -OCH3 is 1. The zero-order valence-corrected chi connectivity index (χ0v) is 16.5. The fraction of sp³-hybridized carbons (Fsp3) is 0.417. The van der Waals surface area contributed by atoms with Crippen molar-refractivity contribution in [2.45, 2.75) is 42.9 Å². The van der Waals surface area contributed by atoms with Crippen LogP contribution in [0.5, 0.6) is 11.5 Å². The molecule has 0 bridgehead atoms. The topological polar surface area (TPSA) is 68.6 Å². The van der Waals surface area contributed by atoms with Crippen molar-refractivity contribution in [1.82, 2.24) is 4.98 Å². The Bertz CT molecular complexity index is 1200. The molecule has 0 radical (unpaired) electrons. The molecule has 1 spiro atoms. The molecule has 1 aromatic heterocycles. The second-order valence-electron chi connectivity index (χ2n) is 9.20. The standard InChI is InChI=1S/C24H23N2O3/c1-12-7-8-17(28-2)20-18(12)23-9-13-11-25-21(13)24(23,27)10-15-14-5-3-4-6-16(14)26-19(15)22(23)29-20/h3-8,13,21-22,26-27H,9-11H2,1-2H3/q-1/t13?,21-,22+,23+,24-/m1/s1. The number of rotatable bonds is 1. The summed E-state index contributed by atoms with van der Waals surface area (Å²) in [6.07, 6.45) is 1.25. The number of aryl methyl sites for hydroxylation is 1. The van der Waals surface area contributed by atoms with Crippen LogP contribution in [0.3, 0.4) is 0 Å². The molecule has 29 heavy (non-hydrogen) atoms. The van der Waals surface area contributed by atoms with Crippen molar-refractivity contribution in [2.75, 3.05) is 13.7 Å². The van der Waals surface area contributed by atoms with Crippen molar-refractivity contribution in [3.05, 3.63) is 64.1 Å². The van der Waals surface area contributed by atoms with E-state index in [4.69, 9.17) is 14.8 Å². The molecule has 2 aromatic carbocycles. The van der Waals surface area contributed by atoms with Crippen LogP contribution in [-0.4, -0.2) is 35.4 Å². The fourth-order valence-electron chi connectivity index (χ4n) is 6.90. The molecule has 3 aromatic rings. The van der Waals surface area contributed by atoms with Gasteiger partial charge in [-0.05, 0) is 36.6 Å². The highest BCUT2D eigenvalue weighted by Crippen LogP contribution is 2.71. The predicted molar refractivity (Wildman–Crippen MR) is 110 cm³/mol. The monoisotopic (exact) mass is 387 g/mol. The van der Waals surface area contributed by atoms with Crippen LogP contribution >= 0.6 is 0 Å². The summed E-state index contributed by atoms with van der Waals surface area (Å²) in [4.78, 5) is 3.65. The molecule has 7 rings (SSSR count). The minimum Gasteiger partial charge on any atom is -0.657 e. The molecule has 3 heterocycles. The van der Waals surface area contributed by atoms with E-state index in [0.29, 0.717) is 12.3 Å². The Morgan fingerprint density at radius 2 is 2.10 bits per heavy atom. The summed E-state index contributed by atoms with van der Waals surface area (Å²) in [5.74, 6) is 1.95. The molecule has 2 N–H and O–H groups in total. The number of fused-ring (bicyclic) bond motifs is 7. The first-order chi connectivity index (χ1) is 14.1. The quantitative estimate of drug-likeness (QED) is 0.665. The van der Waals surface area contributed by atoms with E-state index in [1.807, 2.05) is 12.1 Å². The molecule has 1 unspecified atom stereocenters. The molecule has 1 saturated heterocycles. The van der Waals surface area contributed by atoms with Crippen molar-refractivity contribution >= 4 is 10.9 Å². The zero-order valence-electron chi connectivity index (χ0n) is 16.5. The zero-order chi connectivity index (χ0) is 19.5. The fourth-order valence-corrected chi connectivity index (χ4v) is 6.90. The molecule has 148 valence electrons. The Balaban J connectivity index is 1.58. The van der Waals surface area contributed by atoms with Crippen LogP contribution in [0.25, 0.3) is 16.2 Å². The van der Waals surface area contributed by atoms with Crippen LogP contribution in [-0.2, 0) is 11.8 Å². The third-order valence-electron chi connectivity index (χ3n) is 8.06. The van der Waals surface area contributed by atoms with Gasteiger partial charge in [-0.2, -0.15) is 0 Å². The van der Waals surface area contributed by atoms with Gasteiger partial charge in [0.15, 0.2) is 17.6 Å². The Morgan fingerprint density at radius 3 is 2.90 bits per heavy atom. The number of nitrogens with one attached hydrogen (secondary N) is 1. The molecule has 2 aliphatic carbocycles. The summed E-state index contributed by atoms with van der Waals surface area (Å²) in [6, 6.07) is 12.4. The maximum Gasteiger partial charge on any atom is 0.166 e. The van der Waals surface area contributed by atoms with Gasteiger partial charge in [0.2, 0.25) is 0 Å². The highest BCUT2D eigenvalue weighted by molar-refractivity contribution is 5.86. The summed E-state index contributed by atoms with van der Waals surface area (Å²) < 4.78 is 12.4. The van der Waals surface area contributed by atoms with E-state index in [1.54, 1.807) is 7.11 Å². The molecule has 0 amide bonds. The van der Waals surface area contributed by atoms with Crippen molar-refractivity contribution in [2.24, 2.45) is 5.92 Å². The number of H-pyrrole nitrogens is 1. The number of benzene rings is 2. The van der Waals surface area contributed by atoms with E-state index in [0.717, 1.165) is 46.8 Å². The second-order valence-corrected chi connectivity index (χ2v) is 9.20. The number of hydrogen-bond donors (Lipinski definition) is 2. The lowest BCUT2D eigenvalue weighted by molar-refractivity contribution is -0.0715. The Morgan fingerprint density at radius 1 is 1.24 bits per heavy atom. The maximum atomic E-state index is 12.4. The van der Waals surface area contributed by atoms with Crippen LogP contribution in [0.15, 0.2) is 36.4 Å². The Kier molecular flexibility index (Phi) is 2.80. The molecule has 4 aliphatic rings. The van der Waals surface area contributed by atoms with E-state index in [9.17, 15) is 5.11 Å². The van der Waals surface area contributed by atoms with Gasteiger partial charge in [-0.1, -0.05) is 30.2 Å². The second kappa shape index (κ2) is 4.97. The van der Waals surface area contributed by atoms with Gasteiger partial charge in [-0.25, -0.2) is 0 Å². The molecule has 2 fully saturated rings. The van der Waals surface area contributed by atoms with Crippen LogP contribution in [0, 0.1) is 12.8 Å². The molecule has 5 heteroatoms. The molecular formula is C24H23N2O3-. The Hall–Kier alpha value is -2.50. The van der Waals surface area contributed by atoms with Gasteiger partial charge in [-0.15, -0.1) is 12.6 Å². The van der Waals surface area contributed by atoms with Gasteiger partial charge in [0.25, 0.3) is 0 Å². The minimum atomic E-state index is -0.944. The lowest BCUT2D eigenvalue weighted by Crippen LogP contribution is -2.60. The van der Waals surface area contributed by atoms with Gasteiger partial charge < -0.3 is 24.9 Å². The van der Waals surface area contributed by atoms with Crippen molar-refractivity contribution < 1.29 is 14.6 Å². The molecule has 1 saturated carbocycles. The van der Waals surface area contributed by atoms with E-state index in [1.165, 1.54) is 10.9 Å². The van der Waals surface area contributed by atoms with Crippen molar-refractivity contribution in [3.63, 3.8) is 0 Å². The first-order valence-electron chi connectivity index (χ1n) is 10.4. The average molecular weight is 387 g/mol. The molecule has 5 nitrogen and oxygen atoms in total. The van der Waals surface area contributed by atoms with Gasteiger partial charge >= 0.3 is 0 Å². The van der Waals surface area contributed by atoms with Crippen LogP contribution < -0.4 is 9.47 Å². The summed E-state index contributed by atoms with van der Waals surface area (Å²) in [5.41, 5.74) is 4.22. The summed E-state index contributed by atoms with van der Waals surface area (Å²) in [7, 11) is 1.68. The van der Waals surface area contributed by atoms with Crippen molar-refractivity contribution in [1.29, 1.82) is 0 Å². The van der Waals surface area contributed by atoms with E-state index in [-0.39, 0.29) is 12.1 Å². The number of aromatic amines is 1. The highest BCUT2D eigenvalue weighted by Gasteiger charge is 2.72. The van der Waals surface area contributed by atoms with Gasteiger partial charge in [0, 0.05) is 22.9 Å². The number of para-hydroxylation sites is 1. The highest BCUT2D eigenvalue weighted by atomic mass is 16.5. The summed E-state index contributed by atoms with van der Waals surface area (Å²) in [5, 5.41) is 18.3. The lowest BCUT2D eigenvalue weighted by atomic mass is 9.59. The number of nitrogens with zero attached hydrogens (tertiary/aromatic N) is 1. The maximum absolute atomic E-state index is 12.4.